The number of pyridine rings is 1. The SMILES string of the molecule is Cc1cc(CNc2ccc(-c3cnn(CC45CC6(C)CC(C)(C4)CC(OCCNCCCO)(C6)C5)c3C)c(C(=O)O)n2)nnc1Nc1nc2ccccc2s1. The van der Waals surface area contributed by atoms with Gasteiger partial charge in [-0.2, -0.15) is 10.2 Å². The molecule has 1 aromatic carbocycles. The maximum Gasteiger partial charge on any atom is 0.355 e. The number of aromatic nitrogens is 6. The Labute approximate surface area is 325 Å². The lowest BCUT2D eigenvalue weighted by atomic mass is 9.39. The van der Waals surface area contributed by atoms with Gasteiger partial charge in [0, 0.05) is 36.5 Å². The first-order chi connectivity index (χ1) is 26.4. The van der Waals surface area contributed by atoms with Crippen molar-refractivity contribution in [2.75, 3.05) is 36.9 Å². The summed E-state index contributed by atoms with van der Waals surface area (Å²) < 4.78 is 10.0. The molecule has 5 aromatic rings. The highest BCUT2D eigenvalue weighted by atomic mass is 32.1. The molecule has 2 atom stereocenters. The maximum atomic E-state index is 12.6. The molecule has 9 rings (SSSR count). The maximum absolute atomic E-state index is 12.6. The Morgan fingerprint density at radius 2 is 1.76 bits per heavy atom. The number of aromatic carboxylic acids is 1. The molecular weight excluding hydrogens is 715 g/mol. The summed E-state index contributed by atoms with van der Waals surface area (Å²) >= 11 is 1.56. The molecule has 2 unspecified atom stereocenters. The summed E-state index contributed by atoms with van der Waals surface area (Å²) in [6.07, 6.45) is 9.22. The number of aliphatic hydroxyl groups is 1. The molecule has 4 saturated carbocycles. The lowest BCUT2D eigenvalue weighted by molar-refractivity contribution is -0.247. The Morgan fingerprint density at radius 1 is 0.964 bits per heavy atom. The van der Waals surface area contributed by atoms with Crippen molar-refractivity contribution < 1.29 is 19.7 Å². The van der Waals surface area contributed by atoms with Gasteiger partial charge in [0.2, 0.25) is 0 Å². The first-order valence-electron chi connectivity index (χ1n) is 19.3. The third-order valence-corrected chi connectivity index (χ3v) is 12.8. The monoisotopic (exact) mass is 765 g/mol. The van der Waals surface area contributed by atoms with E-state index in [1.165, 1.54) is 6.42 Å². The highest BCUT2D eigenvalue weighted by molar-refractivity contribution is 7.22. The summed E-state index contributed by atoms with van der Waals surface area (Å²) in [5.41, 5.74) is 5.08. The molecule has 290 valence electrons. The Bertz CT molecular complexity index is 2170. The third-order valence-electron chi connectivity index (χ3n) is 11.8. The minimum atomic E-state index is -1.10. The van der Waals surface area contributed by atoms with Crippen molar-refractivity contribution in [1.29, 1.82) is 0 Å². The molecule has 0 saturated heterocycles. The molecule has 0 aliphatic heterocycles. The summed E-state index contributed by atoms with van der Waals surface area (Å²) in [5.74, 6) is -0.0301. The molecule has 4 aliphatic carbocycles. The number of benzene rings is 1. The number of hydrogen-bond acceptors (Lipinski definition) is 12. The number of nitrogens with one attached hydrogen (secondary N) is 3. The zero-order valence-corrected chi connectivity index (χ0v) is 32.9. The molecule has 0 spiro atoms. The van der Waals surface area contributed by atoms with Crippen LogP contribution in [-0.4, -0.2) is 78.0 Å². The van der Waals surface area contributed by atoms with Gasteiger partial charge in [-0.25, -0.2) is 14.8 Å². The molecule has 4 aliphatic rings. The van der Waals surface area contributed by atoms with E-state index in [0.29, 0.717) is 36.0 Å². The lowest BCUT2D eigenvalue weighted by Gasteiger charge is -2.69. The highest BCUT2D eigenvalue weighted by Crippen LogP contribution is 2.72. The van der Waals surface area contributed by atoms with Crippen LogP contribution in [0.2, 0.25) is 0 Å². The van der Waals surface area contributed by atoms with Crippen molar-refractivity contribution >= 4 is 44.3 Å². The molecule has 4 heterocycles. The topological polar surface area (TPSA) is 172 Å². The van der Waals surface area contributed by atoms with Crippen molar-refractivity contribution in [2.45, 2.75) is 91.3 Å². The first kappa shape index (κ1) is 37.4. The lowest BCUT2D eigenvalue weighted by Crippen LogP contribution is -2.64. The van der Waals surface area contributed by atoms with Crippen LogP contribution in [0.25, 0.3) is 21.3 Å². The second-order valence-electron chi connectivity index (χ2n) is 17.1. The van der Waals surface area contributed by atoms with Crippen molar-refractivity contribution in [3.8, 4) is 11.1 Å². The van der Waals surface area contributed by atoms with Gasteiger partial charge in [0.1, 0.15) is 5.82 Å². The molecule has 0 amide bonds. The van der Waals surface area contributed by atoms with Gasteiger partial charge in [-0.3, -0.25) is 4.68 Å². The van der Waals surface area contributed by atoms with Gasteiger partial charge < -0.3 is 30.9 Å². The van der Waals surface area contributed by atoms with Crippen molar-refractivity contribution in [3.63, 3.8) is 0 Å². The van der Waals surface area contributed by atoms with Crippen LogP contribution < -0.4 is 16.0 Å². The number of aryl methyl sites for hydroxylation is 1. The van der Waals surface area contributed by atoms with E-state index in [-0.39, 0.29) is 34.1 Å². The third kappa shape index (κ3) is 7.69. The molecule has 14 heteroatoms. The van der Waals surface area contributed by atoms with E-state index in [1.807, 2.05) is 56.3 Å². The minimum Gasteiger partial charge on any atom is -0.476 e. The van der Waals surface area contributed by atoms with E-state index in [4.69, 9.17) is 14.9 Å². The number of carboxylic acid groups (broad SMARTS) is 1. The average Bonchev–Trinajstić information content (AvgIpc) is 3.70. The van der Waals surface area contributed by atoms with Crippen molar-refractivity contribution in [3.05, 3.63) is 71.3 Å². The number of para-hydroxylation sites is 1. The molecule has 4 bridgehead atoms. The van der Waals surface area contributed by atoms with Crippen LogP contribution in [0, 0.1) is 30.1 Å². The summed E-state index contributed by atoms with van der Waals surface area (Å²) in [6.45, 7) is 12.4. The predicted octanol–water partition coefficient (Wildman–Crippen LogP) is 7.12. The highest BCUT2D eigenvalue weighted by Gasteiger charge is 2.66. The Balaban J connectivity index is 0.954. The number of carboxylic acids is 1. The van der Waals surface area contributed by atoms with Crippen LogP contribution >= 0.6 is 11.3 Å². The normalized spacial score (nSPS) is 25.5. The smallest absolute Gasteiger partial charge is 0.355 e. The number of carbonyl (C=O) groups is 1. The fraction of sp³-hybridized carbons (Fsp3) is 0.512. The summed E-state index contributed by atoms with van der Waals surface area (Å²) in [4.78, 5) is 21.8. The molecule has 4 fully saturated rings. The van der Waals surface area contributed by atoms with Crippen molar-refractivity contribution in [1.82, 2.24) is 35.3 Å². The minimum absolute atomic E-state index is 0.0277. The van der Waals surface area contributed by atoms with Crippen LogP contribution in [0.3, 0.4) is 0 Å². The van der Waals surface area contributed by atoms with E-state index in [9.17, 15) is 9.90 Å². The Kier molecular flexibility index (Phi) is 9.89. The van der Waals surface area contributed by atoms with E-state index < -0.39 is 5.97 Å². The zero-order chi connectivity index (χ0) is 38.4. The molecule has 55 heavy (non-hydrogen) atoms. The molecular formula is C41H51N9O4S. The van der Waals surface area contributed by atoms with Gasteiger partial charge >= 0.3 is 5.97 Å². The van der Waals surface area contributed by atoms with Crippen LogP contribution in [0.15, 0.2) is 48.7 Å². The largest absolute Gasteiger partial charge is 0.476 e. The van der Waals surface area contributed by atoms with E-state index in [2.05, 4.69) is 54.6 Å². The van der Waals surface area contributed by atoms with Gasteiger partial charge in [0.25, 0.3) is 0 Å². The van der Waals surface area contributed by atoms with Crippen LogP contribution in [-0.2, 0) is 17.8 Å². The van der Waals surface area contributed by atoms with Crippen LogP contribution in [0.5, 0.6) is 0 Å². The van der Waals surface area contributed by atoms with E-state index in [1.54, 1.807) is 17.5 Å². The molecule has 5 N–H and O–H groups in total. The number of nitrogens with zero attached hydrogens (tertiary/aromatic N) is 6. The number of aliphatic hydroxyl groups excluding tert-OH is 1. The first-order valence-corrected chi connectivity index (χ1v) is 20.1. The molecule has 13 nitrogen and oxygen atoms in total. The number of rotatable bonds is 16. The number of ether oxygens (including phenoxy) is 1. The van der Waals surface area contributed by atoms with E-state index in [0.717, 1.165) is 90.3 Å². The van der Waals surface area contributed by atoms with Crippen LogP contribution in [0.4, 0.5) is 16.8 Å². The van der Waals surface area contributed by atoms with Gasteiger partial charge in [-0.05, 0) is 117 Å². The quantitative estimate of drug-likeness (QED) is 0.0645. The summed E-state index contributed by atoms with van der Waals surface area (Å²) in [5, 5.41) is 43.8. The summed E-state index contributed by atoms with van der Waals surface area (Å²) in [6, 6.07) is 13.5. The number of thiazole rings is 1. The zero-order valence-electron chi connectivity index (χ0n) is 32.1. The standard InChI is InChI=1S/C41H51N9O4S/c1-26-16-28(48-49-35(26)47-37-45-31-8-5-6-9-32(31)55-37)17-43-33-11-10-29(34(46-33)36(52)53)30-18-44-50(27(30)2)25-40-20-38(3)19-39(4,21-40)23-41(22-38,24-40)54-15-13-42-12-7-14-51/h5-6,8-11,16,18,42,51H,7,12-15,17,19-25H2,1-4H3,(H,43,46)(H,52,53)(H,45,47,49). The van der Waals surface area contributed by atoms with Crippen molar-refractivity contribution in [2.24, 2.45) is 16.2 Å². The molecule has 4 aromatic heterocycles. The fourth-order valence-corrected chi connectivity index (χ4v) is 11.8. The van der Waals surface area contributed by atoms with Crippen LogP contribution in [0.1, 0.15) is 86.2 Å². The summed E-state index contributed by atoms with van der Waals surface area (Å²) in [7, 11) is 0. The second kappa shape index (κ2) is 14.5. The van der Waals surface area contributed by atoms with Gasteiger partial charge in [0.15, 0.2) is 16.6 Å². The predicted molar refractivity (Wildman–Crippen MR) is 214 cm³/mol. The molecule has 0 radical (unpaired) electrons. The number of anilines is 3. The Hall–Kier alpha value is -4.50. The second-order valence-corrected chi connectivity index (χ2v) is 18.1. The average molecular weight is 766 g/mol. The van der Waals surface area contributed by atoms with Gasteiger partial charge in [0.05, 0.1) is 40.9 Å². The Morgan fingerprint density at radius 3 is 2.51 bits per heavy atom. The number of hydrogen-bond donors (Lipinski definition) is 5. The van der Waals surface area contributed by atoms with E-state index >= 15 is 0 Å². The van der Waals surface area contributed by atoms with Gasteiger partial charge in [-0.15, -0.1) is 5.10 Å². The fourth-order valence-electron chi connectivity index (χ4n) is 10.9. The van der Waals surface area contributed by atoms with Gasteiger partial charge in [-0.1, -0.05) is 37.3 Å². The number of fused-ring (bicyclic) bond motifs is 1.